The fraction of sp³-hybridized carbons (Fsp3) is 0.531. The minimum Gasteiger partial charge on any atom is -0.493 e. The van der Waals surface area contributed by atoms with E-state index in [1.165, 1.54) is 45.4 Å². The van der Waals surface area contributed by atoms with E-state index < -0.39 is 24.6 Å². The minimum absolute atomic E-state index is 0.0628. The summed E-state index contributed by atoms with van der Waals surface area (Å²) in [5.74, 6) is 0.946. The van der Waals surface area contributed by atoms with Crippen molar-refractivity contribution in [1.82, 2.24) is 0 Å². The molecule has 3 rings (SSSR count). The molecule has 0 heterocycles. The largest absolute Gasteiger partial charge is 0.493 e. The zero-order chi connectivity index (χ0) is 27.5. The average Bonchev–Trinajstić information content (AvgIpc) is 2.94. The summed E-state index contributed by atoms with van der Waals surface area (Å²) in [4.78, 5) is 11.7. The number of hydrogen-bond donors (Lipinski definition) is 2. The summed E-state index contributed by atoms with van der Waals surface area (Å²) in [6, 6.07) is 12.7. The van der Waals surface area contributed by atoms with Gasteiger partial charge in [-0.25, -0.2) is 9.18 Å². The SMILES string of the molecule is C=C(C)C(=O)OCC(CO)(CO)COc1ccc(-c2ccc(C3CCC(CCCCC)CC3)cc2F)cc1. The number of esters is 1. The van der Waals surface area contributed by atoms with Crippen molar-refractivity contribution in [2.75, 3.05) is 26.4 Å². The number of unbranched alkanes of at least 4 members (excludes halogenated alkanes) is 2. The summed E-state index contributed by atoms with van der Waals surface area (Å²) in [5.41, 5.74) is 1.46. The molecule has 0 amide bonds. The molecule has 2 aromatic carbocycles. The maximum Gasteiger partial charge on any atom is 0.333 e. The van der Waals surface area contributed by atoms with Crippen LogP contribution in [0.4, 0.5) is 4.39 Å². The Morgan fingerprint density at radius 1 is 1.03 bits per heavy atom. The molecule has 208 valence electrons. The summed E-state index contributed by atoms with van der Waals surface area (Å²) in [6.45, 7) is 6.17. The molecule has 1 saturated carbocycles. The van der Waals surface area contributed by atoms with Gasteiger partial charge in [-0.3, -0.25) is 0 Å². The van der Waals surface area contributed by atoms with E-state index in [1.54, 1.807) is 30.3 Å². The highest BCUT2D eigenvalue weighted by molar-refractivity contribution is 5.86. The molecular weight excluding hydrogens is 483 g/mol. The smallest absolute Gasteiger partial charge is 0.333 e. The van der Waals surface area contributed by atoms with Gasteiger partial charge in [0.2, 0.25) is 0 Å². The Bertz CT molecular complexity index is 1040. The minimum atomic E-state index is -1.15. The predicted octanol–water partition coefficient (Wildman–Crippen LogP) is 6.82. The topological polar surface area (TPSA) is 76.0 Å². The Morgan fingerprint density at radius 2 is 1.71 bits per heavy atom. The molecule has 0 saturated heterocycles. The Labute approximate surface area is 226 Å². The Hall–Kier alpha value is -2.70. The molecule has 5 nitrogen and oxygen atoms in total. The van der Waals surface area contributed by atoms with Gasteiger partial charge in [-0.1, -0.05) is 63.5 Å². The van der Waals surface area contributed by atoms with E-state index in [4.69, 9.17) is 9.47 Å². The van der Waals surface area contributed by atoms with Gasteiger partial charge in [0.1, 0.15) is 24.8 Å². The van der Waals surface area contributed by atoms with Crippen LogP contribution in [0.2, 0.25) is 0 Å². The third kappa shape index (κ3) is 8.15. The fourth-order valence-electron chi connectivity index (χ4n) is 5.07. The van der Waals surface area contributed by atoms with Crippen molar-refractivity contribution in [2.24, 2.45) is 11.3 Å². The highest BCUT2D eigenvalue weighted by Crippen LogP contribution is 2.39. The average molecular weight is 527 g/mol. The number of hydrogen-bond acceptors (Lipinski definition) is 5. The van der Waals surface area contributed by atoms with Crippen LogP contribution in [0.25, 0.3) is 11.1 Å². The number of aliphatic hydroxyl groups is 2. The molecule has 1 aliphatic carbocycles. The summed E-state index contributed by atoms with van der Waals surface area (Å²) in [5, 5.41) is 19.6. The summed E-state index contributed by atoms with van der Waals surface area (Å²) in [6.07, 6.45) is 9.99. The standard InChI is InChI=1S/C32H43FO5/c1-4-5-6-7-24-8-10-25(11-9-24)27-14-17-29(30(33)18-27)26-12-15-28(16-13-26)37-21-32(19-34,20-35)22-38-31(36)23(2)3/h12-18,24-25,34-35H,2,4-11,19-22H2,1,3H3. The first kappa shape index (κ1) is 29.9. The van der Waals surface area contributed by atoms with E-state index in [2.05, 4.69) is 19.6 Å². The number of aliphatic hydroxyl groups excluding tert-OH is 2. The lowest BCUT2D eigenvalue weighted by molar-refractivity contribution is -0.146. The maximum atomic E-state index is 15.1. The zero-order valence-corrected chi connectivity index (χ0v) is 22.9. The number of carbonyl (C=O) groups excluding carboxylic acids is 1. The molecule has 0 aliphatic heterocycles. The van der Waals surface area contributed by atoms with Gasteiger partial charge in [-0.15, -0.1) is 0 Å². The molecule has 2 N–H and O–H groups in total. The van der Waals surface area contributed by atoms with E-state index in [9.17, 15) is 15.0 Å². The van der Waals surface area contributed by atoms with Crippen molar-refractivity contribution in [3.05, 3.63) is 66.0 Å². The van der Waals surface area contributed by atoms with Crippen molar-refractivity contribution < 1.29 is 28.9 Å². The van der Waals surface area contributed by atoms with Crippen molar-refractivity contribution in [3.8, 4) is 16.9 Å². The van der Waals surface area contributed by atoms with Gasteiger partial charge in [0.05, 0.1) is 18.6 Å². The van der Waals surface area contributed by atoms with Crippen LogP contribution in [0.1, 0.15) is 76.7 Å². The van der Waals surface area contributed by atoms with Crippen molar-refractivity contribution >= 4 is 5.97 Å². The first-order valence-corrected chi connectivity index (χ1v) is 13.9. The molecule has 6 heteroatoms. The third-order valence-electron chi connectivity index (χ3n) is 7.77. The number of halogens is 1. The van der Waals surface area contributed by atoms with Crippen LogP contribution in [-0.2, 0) is 9.53 Å². The van der Waals surface area contributed by atoms with E-state index in [0.717, 1.165) is 29.9 Å². The molecule has 0 spiro atoms. The maximum absolute atomic E-state index is 15.1. The van der Waals surface area contributed by atoms with Crippen LogP contribution in [-0.4, -0.2) is 42.6 Å². The lowest BCUT2D eigenvalue weighted by Crippen LogP contribution is -2.41. The molecular formula is C32H43FO5. The monoisotopic (exact) mass is 526 g/mol. The van der Waals surface area contributed by atoms with Crippen molar-refractivity contribution in [1.29, 1.82) is 0 Å². The van der Waals surface area contributed by atoms with E-state index in [1.807, 2.05) is 6.07 Å². The number of carbonyl (C=O) groups is 1. The van der Waals surface area contributed by atoms with Crippen molar-refractivity contribution in [3.63, 3.8) is 0 Å². The predicted molar refractivity (Wildman–Crippen MR) is 149 cm³/mol. The van der Waals surface area contributed by atoms with Crippen LogP contribution in [0.15, 0.2) is 54.6 Å². The molecule has 2 aromatic rings. The van der Waals surface area contributed by atoms with Crippen LogP contribution in [0, 0.1) is 17.2 Å². The summed E-state index contributed by atoms with van der Waals surface area (Å²) in [7, 11) is 0. The normalized spacial score (nSPS) is 17.7. The fourth-order valence-corrected chi connectivity index (χ4v) is 5.07. The van der Waals surface area contributed by atoms with E-state index >= 15 is 4.39 Å². The molecule has 0 bridgehead atoms. The molecule has 1 aliphatic rings. The van der Waals surface area contributed by atoms with Gasteiger partial charge >= 0.3 is 5.97 Å². The second-order valence-corrected chi connectivity index (χ2v) is 10.9. The number of benzene rings is 2. The second-order valence-electron chi connectivity index (χ2n) is 10.9. The van der Waals surface area contributed by atoms with Crippen LogP contribution < -0.4 is 4.74 Å². The summed E-state index contributed by atoms with van der Waals surface area (Å²) < 4.78 is 26.0. The highest BCUT2D eigenvalue weighted by atomic mass is 19.1. The van der Waals surface area contributed by atoms with E-state index in [0.29, 0.717) is 17.2 Å². The van der Waals surface area contributed by atoms with Gasteiger partial charge in [0, 0.05) is 11.1 Å². The molecule has 38 heavy (non-hydrogen) atoms. The highest BCUT2D eigenvalue weighted by Gasteiger charge is 2.32. The molecule has 0 radical (unpaired) electrons. The quantitative estimate of drug-likeness (QED) is 0.161. The molecule has 0 aromatic heterocycles. The van der Waals surface area contributed by atoms with Gasteiger partial charge in [0.15, 0.2) is 0 Å². The number of rotatable bonds is 14. The molecule has 0 atom stereocenters. The zero-order valence-electron chi connectivity index (χ0n) is 22.9. The van der Waals surface area contributed by atoms with Crippen molar-refractivity contribution in [2.45, 2.75) is 71.1 Å². The van der Waals surface area contributed by atoms with Gasteiger partial charge < -0.3 is 19.7 Å². The molecule has 0 unspecified atom stereocenters. The lowest BCUT2D eigenvalue weighted by atomic mass is 9.77. The number of ether oxygens (including phenoxy) is 2. The van der Waals surface area contributed by atoms with Crippen LogP contribution in [0.5, 0.6) is 5.75 Å². The van der Waals surface area contributed by atoms with Gasteiger partial charge in [0.25, 0.3) is 0 Å². The van der Waals surface area contributed by atoms with Gasteiger partial charge in [-0.2, -0.15) is 0 Å². The van der Waals surface area contributed by atoms with E-state index in [-0.39, 0.29) is 24.6 Å². The van der Waals surface area contributed by atoms with Gasteiger partial charge in [-0.05, 0) is 73.8 Å². The summed E-state index contributed by atoms with van der Waals surface area (Å²) >= 11 is 0. The Balaban J connectivity index is 1.58. The first-order chi connectivity index (χ1) is 18.3. The third-order valence-corrected chi connectivity index (χ3v) is 7.77. The Morgan fingerprint density at radius 3 is 2.29 bits per heavy atom. The first-order valence-electron chi connectivity index (χ1n) is 13.9. The van der Waals surface area contributed by atoms with Crippen LogP contribution >= 0.6 is 0 Å². The molecule has 1 fully saturated rings. The second kappa shape index (κ2) is 14.5. The lowest BCUT2D eigenvalue weighted by Gasteiger charge is -2.29. The Kier molecular flexibility index (Phi) is 11.4. The van der Waals surface area contributed by atoms with Crippen LogP contribution in [0.3, 0.4) is 0 Å².